The van der Waals surface area contributed by atoms with E-state index in [0.717, 1.165) is 44.6 Å². The minimum Gasteiger partial charge on any atom is -0.436 e. The number of para-hydroxylation sites is 1. The van der Waals surface area contributed by atoms with E-state index in [2.05, 4.69) is 150 Å². The van der Waals surface area contributed by atoms with E-state index >= 15 is 0 Å². The Balaban J connectivity index is 1.27. The summed E-state index contributed by atoms with van der Waals surface area (Å²) in [6.07, 6.45) is 0. The van der Waals surface area contributed by atoms with Crippen LogP contribution in [0.1, 0.15) is 0 Å². The monoisotopic (exact) mass is 717 g/mol. The Morgan fingerprint density at radius 1 is 0.455 bits per heavy atom. The fourth-order valence-corrected chi connectivity index (χ4v) is 10.4. The predicted molar refractivity (Wildman–Crippen MR) is 232 cm³/mol. The molecule has 0 saturated carbocycles. The van der Waals surface area contributed by atoms with E-state index in [-0.39, 0.29) is 0 Å². The molecule has 0 atom stereocenters. The van der Waals surface area contributed by atoms with Crippen LogP contribution in [0.5, 0.6) is 0 Å². The molecule has 4 aromatic heterocycles. The maximum Gasteiger partial charge on any atom is 0.247 e. The molecule has 0 fully saturated rings. The van der Waals surface area contributed by atoms with Gasteiger partial charge in [0.2, 0.25) is 5.71 Å². The van der Waals surface area contributed by atoms with Gasteiger partial charge in [-0.15, -0.1) is 11.3 Å². The van der Waals surface area contributed by atoms with Crippen LogP contribution in [0.15, 0.2) is 168 Å². The number of aromatic nitrogens is 3. The average molecular weight is 718 g/mol. The van der Waals surface area contributed by atoms with Gasteiger partial charge >= 0.3 is 0 Å². The maximum absolute atomic E-state index is 6.46. The molecule has 13 aromatic rings. The summed E-state index contributed by atoms with van der Waals surface area (Å²) in [6.45, 7) is 0. The third kappa shape index (κ3) is 3.94. The fourth-order valence-electron chi connectivity index (χ4n) is 9.20. The zero-order chi connectivity index (χ0) is 35.8. The first-order valence-corrected chi connectivity index (χ1v) is 19.4. The third-order valence-electron chi connectivity index (χ3n) is 11.6. The number of fused-ring (bicyclic) bond motifs is 17. The van der Waals surface area contributed by atoms with Gasteiger partial charge in [0.15, 0.2) is 5.82 Å². The first-order valence-electron chi connectivity index (χ1n) is 18.6. The van der Waals surface area contributed by atoms with Crippen LogP contribution in [-0.4, -0.2) is 14.5 Å². The normalized spacial score (nSPS) is 12.4. The molecular formula is C50H27N3OS. The molecule has 0 aliphatic rings. The van der Waals surface area contributed by atoms with E-state index in [9.17, 15) is 0 Å². The molecule has 5 heteroatoms. The van der Waals surface area contributed by atoms with Crippen LogP contribution < -0.4 is 0 Å². The number of nitrogens with zero attached hydrogens (tertiary/aromatic N) is 3. The molecule has 9 aromatic carbocycles. The predicted octanol–water partition coefficient (Wildman–Crippen LogP) is 14.1. The number of thiophene rings is 1. The van der Waals surface area contributed by atoms with Crippen molar-refractivity contribution in [1.29, 1.82) is 0 Å². The highest BCUT2D eigenvalue weighted by molar-refractivity contribution is 7.26. The second-order valence-corrected chi connectivity index (χ2v) is 15.5. The molecule has 4 nitrogen and oxygen atoms in total. The lowest BCUT2D eigenvalue weighted by atomic mass is 9.91. The van der Waals surface area contributed by atoms with Crippen molar-refractivity contribution in [2.75, 3.05) is 0 Å². The quantitative estimate of drug-likeness (QED) is 0.167. The summed E-state index contributed by atoms with van der Waals surface area (Å²) in [5, 5.41) is 15.7. The van der Waals surface area contributed by atoms with E-state index in [0.29, 0.717) is 5.71 Å². The standard InChI is InChI=1S/C50H27N3OS/c1-2-13-29-27-41-39(26-28(29)12-1)45-40(25-24-35-32-16-4-3-14-30(32)31-15-5-6-18-34(31)44(35)45)53(41)49-46(52-50-47(51-49)37-19-7-9-22-42(37)54-50)38-21-11-20-36-33-17-8-10-23-43(33)55-48(36)38/h1-27H. The van der Waals surface area contributed by atoms with Crippen molar-refractivity contribution >= 4 is 119 Å². The minimum absolute atomic E-state index is 0.534. The summed E-state index contributed by atoms with van der Waals surface area (Å²) in [5.74, 6) is 0.781. The summed E-state index contributed by atoms with van der Waals surface area (Å²) in [5.41, 5.74) is 6.07. The van der Waals surface area contributed by atoms with Crippen LogP contribution in [0.2, 0.25) is 0 Å². The Hall–Kier alpha value is -7.08. The second kappa shape index (κ2) is 10.8. The highest BCUT2D eigenvalue weighted by atomic mass is 32.1. The van der Waals surface area contributed by atoms with Gasteiger partial charge in [-0.25, -0.2) is 9.97 Å². The van der Waals surface area contributed by atoms with Gasteiger partial charge in [-0.05, 0) is 74.1 Å². The van der Waals surface area contributed by atoms with Gasteiger partial charge in [0.25, 0.3) is 0 Å². The molecule has 0 saturated heterocycles. The van der Waals surface area contributed by atoms with Gasteiger partial charge in [-0.1, -0.05) is 127 Å². The maximum atomic E-state index is 6.46. The second-order valence-electron chi connectivity index (χ2n) is 14.5. The van der Waals surface area contributed by atoms with E-state index in [4.69, 9.17) is 14.4 Å². The third-order valence-corrected chi connectivity index (χ3v) is 12.8. The highest BCUT2D eigenvalue weighted by Crippen LogP contribution is 2.47. The van der Waals surface area contributed by atoms with Gasteiger partial charge in [-0.3, -0.25) is 4.57 Å². The lowest BCUT2D eigenvalue weighted by molar-refractivity contribution is 0.653. The van der Waals surface area contributed by atoms with Crippen LogP contribution in [-0.2, 0) is 0 Å². The smallest absolute Gasteiger partial charge is 0.247 e. The Kier molecular flexibility index (Phi) is 5.74. The van der Waals surface area contributed by atoms with E-state index in [1.54, 1.807) is 11.3 Å². The Bertz CT molecular complexity index is 3760. The molecule has 0 aliphatic heterocycles. The average Bonchev–Trinajstić information content (AvgIpc) is 3.91. The molecule has 0 amide bonds. The van der Waals surface area contributed by atoms with Crippen LogP contribution in [0, 0.1) is 0 Å². The van der Waals surface area contributed by atoms with Crippen LogP contribution in [0.25, 0.3) is 124 Å². The molecule has 254 valence electrons. The number of hydrogen-bond acceptors (Lipinski definition) is 4. The summed E-state index contributed by atoms with van der Waals surface area (Å²) < 4.78 is 11.3. The number of hydrogen-bond donors (Lipinski definition) is 0. The van der Waals surface area contributed by atoms with Crippen molar-refractivity contribution in [2.24, 2.45) is 0 Å². The van der Waals surface area contributed by atoms with Crippen molar-refractivity contribution in [3.63, 3.8) is 0 Å². The van der Waals surface area contributed by atoms with Gasteiger partial charge < -0.3 is 4.42 Å². The first-order chi connectivity index (χ1) is 27.3. The molecular weight excluding hydrogens is 691 g/mol. The van der Waals surface area contributed by atoms with Crippen molar-refractivity contribution in [3.05, 3.63) is 164 Å². The summed E-state index contributed by atoms with van der Waals surface area (Å²) in [4.78, 5) is 11.1. The van der Waals surface area contributed by atoms with E-state index in [1.165, 1.54) is 74.0 Å². The summed E-state index contributed by atoms with van der Waals surface area (Å²) in [6, 6.07) is 59.0. The molecule has 0 radical (unpaired) electrons. The zero-order valence-corrected chi connectivity index (χ0v) is 30.1. The lowest BCUT2D eigenvalue weighted by Gasteiger charge is -2.14. The van der Waals surface area contributed by atoms with Crippen LogP contribution in [0.4, 0.5) is 0 Å². The Labute approximate surface area is 317 Å². The van der Waals surface area contributed by atoms with Gasteiger partial charge in [0.05, 0.1) is 11.0 Å². The molecule has 0 aliphatic carbocycles. The SMILES string of the molecule is c1ccc2cc3c(cc2c1)c1c2c4ccccc4c4ccccc4c2ccc1n3-c1nc2c(nc1-c1cccc3c1sc1ccccc13)oc1ccccc12. The lowest BCUT2D eigenvalue weighted by Crippen LogP contribution is -2.03. The molecule has 0 unspecified atom stereocenters. The van der Waals surface area contributed by atoms with Crippen molar-refractivity contribution in [1.82, 2.24) is 14.5 Å². The van der Waals surface area contributed by atoms with Gasteiger partial charge in [-0.2, -0.15) is 0 Å². The topological polar surface area (TPSA) is 43.9 Å². The minimum atomic E-state index is 0.534. The molecule has 0 bridgehead atoms. The number of rotatable bonds is 2. The molecule has 0 spiro atoms. The van der Waals surface area contributed by atoms with Crippen LogP contribution >= 0.6 is 11.3 Å². The summed E-state index contributed by atoms with van der Waals surface area (Å²) >= 11 is 1.81. The van der Waals surface area contributed by atoms with Crippen LogP contribution in [0.3, 0.4) is 0 Å². The van der Waals surface area contributed by atoms with Crippen molar-refractivity contribution in [2.45, 2.75) is 0 Å². The van der Waals surface area contributed by atoms with Gasteiger partial charge in [0, 0.05) is 47.3 Å². The number of furan rings is 1. The molecule has 4 heterocycles. The fraction of sp³-hybridized carbons (Fsp3) is 0. The number of benzene rings is 9. The first kappa shape index (κ1) is 29.4. The summed E-state index contributed by atoms with van der Waals surface area (Å²) in [7, 11) is 0. The van der Waals surface area contributed by atoms with Crippen molar-refractivity contribution in [3.8, 4) is 17.1 Å². The zero-order valence-electron chi connectivity index (χ0n) is 29.2. The van der Waals surface area contributed by atoms with E-state index < -0.39 is 0 Å². The molecule has 13 rings (SSSR count). The molecule has 0 N–H and O–H groups in total. The Morgan fingerprint density at radius 2 is 1.09 bits per heavy atom. The van der Waals surface area contributed by atoms with Crippen molar-refractivity contribution < 1.29 is 4.42 Å². The highest BCUT2D eigenvalue weighted by Gasteiger charge is 2.25. The molecule has 55 heavy (non-hydrogen) atoms. The van der Waals surface area contributed by atoms with E-state index in [1.807, 2.05) is 18.2 Å². The largest absolute Gasteiger partial charge is 0.436 e. The van der Waals surface area contributed by atoms with Gasteiger partial charge in [0.1, 0.15) is 16.8 Å². The Morgan fingerprint density at radius 3 is 1.91 bits per heavy atom.